The molecule has 1 heterocycles. The smallest absolute Gasteiger partial charge is 0.153 e. The van der Waals surface area contributed by atoms with Gasteiger partial charge in [-0.25, -0.2) is 0 Å². The van der Waals surface area contributed by atoms with E-state index in [0.29, 0.717) is 26.9 Å². The van der Waals surface area contributed by atoms with Crippen LogP contribution in [0.5, 0.6) is 0 Å². The van der Waals surface area contributed by atoms with Gasteiger partial charge in [-0.3, -0.25) is 9.48 Å². The molecular formula is C13H12Cl2N2O. The first-order chi connectivity index (χ1) is 8.52. The molecular weight excluding hydrogens is 271 g/mol. The minimum Gasteiger partial charge on any atom is -0.298 e. The van der Waals surface area contributed by atoms with Crippen molar-refractivity contribution in [2.45, 2.75) is 19.9 Å². The Morgan fingerprint density at radius 1 is 1.33 bits per heavy atom. The topological polar surface area (TPSA) is 34.9 Å². The fraction of sp³-hybridized carbons (Fsp3) is 0.231. The lowest BCUT2D eigenvalue weighted by molar-refractivity contribution is 0.112. The standard InChI is InChI=1S/C13H12Cl2N2O/c1-8(2)17-6-9(7-18)13(16-17)11-4-3-10(14)5-12(11)15/h3-8H,1-2H3. The molecule has 0 spiro atoms. The maximum absolute atomic E-state index is 11.1. The van der Waals surface area contributed by atoms with Gasteiger partial charge in [-0.05, 0) is 32.0 Å². The normalized spacial score (nSPS) is 10.9. The van der Waals surface area contributed by atoms with Gasteiger partial charge in [0, 0.05) is 22.8 Å². The first-order valence-electron chi connectivity index (χ1n) is 5.52. The third-order valence-electron chi connectivity index (χ3n) is 2.60. The molecule has 0 saturated carbocycles. The SMILES string of the molecule is CC(C)n1cc(C=O)c(-c2ccc(Cl)cc2Cl)n1. The van der Waals surface area contributed by atoms with E-state index in [2.05, 4.69) is 5.10 Å². The monoisotopic (exact) mass is 282 g/mol. The molecule has 0 aliphatic rings. The lowest BCUT2D eigenvalue weighted by Gasteiger charge is -2.04. The van der Waals surface area contributed by atoms with Gasteiger partial charge in [0.1, 0.15) is 5.69 Å². The van der Waals surface area contributed by atoms with Gasteiger partial charge < -0.3 is 0 Å². The third-order valence-corrected chi connectivity index (χ3v) is 3.15. The van der Waals surface area contributed by atoms with Crippen LogP contribution >= 0.6 is 23.2 Å². The van der Waals surface area contributed by atoms with E-state index in [-0.39, 0.29) is 6.04 Å². The second-order valence-corrected chi connectivity index (χ2v) is 5.09. The van der Waals surface area contributed by atoms with Crippen LogP contribution in [0.4, 0.5) is 0 Å². The van der Waals surface area contributed by atoms with Gasteiger partial charge in [-0.2, -0.15) is 5.10 Å². The highest BCUT2D eigenvalue weighted by Crippen LogP contribution is 2.31. The average Bonchev–Trinajstić information content (AvgIpc) is 2.73. The maximum Gasteiger partial charge on any atom is 0.153 e. The number of aldehydes is 1. The summed E-state index contributed by atoms with van der Waals surface area (Å²) >= 11 is 12.0. The summed E-state index contributed by atoms with van der Waals surface area (Å²) in [5.74, 6) is 0. The highest BCUT2D eigenvalue weighted by Gasteiger charge is 2.14. The second-order valence-electron chi connectivity index (χ2n) is 4.25. The van der Waals surface area contributed by atoms with Crippen LogP contribution in [0, 0.1) is 0 Å². The zero-order valence-corrected chi connectivity index (χ0v) is 11.5. The number of carbonyl (C=O) groups is 1. The molecule has 0 N–H and O–H groups in total. The minimum atomic E-state index is 0.184. The van der Waals surface area contributed by atoms with Gasteiger partial charge in [-0.15, -0.1) is 0 Å². The minimum absolute atomic E-state index is 0.184. The predicted molar refractivity (Wildman–Crippen MR) is 73.5 cm³/mol. The number of rotatable bonds is 3. The average molecular weight is 283 g/mol. The molecule has 0 aliphatic heterocycles. The van der Waals surface area contributed by atoms with Gasteiger partial charge in [0.15, 0.2) is 6.29 Å². The molecule has 0 saturated heterocycles. The van der Waals surface area contributed by atoms with Gasteiger partial charge in [0.05, 0.1) is 10.6 Å². The zero-order chi connectivity index (χ0) is 13.3. The molecule has 0 unspecified atom stereocenters. The summed E-state index contributed by atoms with van der Waals surface area (Å²) in [6, 6.07) is 5.32. The van der Waals surface area contributed by atoms with E-state index in [0.717, 1.165) is 6.29 Å². The Bertz CT molecular complexity index is 591. The van der Waals surface area contributed by atoms with E-state index in [1.54, 1.807) is 29.1 Å². The quantitative estimate of drug-likeness (QED) is 0.789. The number of benzene rings is 1. The number of nitrogens with zero attached hydrogens (tertiary/aromatic N) is 2. The van der Waals surface area contributed by atoms with Gasteiger partial charge >= 0.3 is 0 Å². The third kappa shape index (κ3) is 2.42. The Morgan fingerprint density at radius 3 is 2.61 bits per heavy atom. The molecule has 0 radical (unpaired) electrons. The largest absolute Gasteiger partial charge is 0.298 e. The Hall–Kier alpha value is -1.32. The Balaban J connectivity index is 2.59. The number of carbonyl (C=O) groups excluding carboxylic acids is 1. The van der Waals surface area contributed by atoms with Crippen molar-refractivity contribution in [3.8, 4) is 11.3 Å². The molecule has 0 atom stereocenters. The Morgan fingerprint density at radius 2 is 2.06 bits per heavy atom. The maximum atomic E-state index is 11.1. The van der Waals surface area contributed by atoms with Crippen LogP contribution in [0.2, 0.25) is 10.0 Å². The molecule has 0 fully saturated rings. The number of hydrogen-bond donors (Lipinski definition) is 0. The molecule has 5 heteroatoms. The lowest BCUT2D eigenvalue weighted by Crippen LogP contribution is -2.00. The molecule has 0 aliphatic carbocycles. The Labute approximate surface area is 115 Å². The van der Waals surface area contributed by atoms with Crippen LogP contribution < -0.4 is 0 Å². The predicted octanol–water partition coefficient (Wildman–Crippen LogP) is 4.25. The van der Waals surface area contributed by atoms with Crippen molar-refractivity contribution < 1.29 is 4.79 Å². The lowest BCUT2D eigenvalue weighted by atomic mass is 10.1. The highest BCUT2D eigenvalue weighted by molar-refractivity contribution is 6.36. The zero-order valence-electron chi connectivity index (χ0n) is 10.0. The van der Waals surface area contributed by atoms with Crippen LogP contribution in [0.3, 0.4) is 0 Å². The van der Waals surface area contributed by atoms with Crippen LogP contribution in [0.15, 0.2) is 24.4 Å². The van der Waals surface area contributed by atoms with Crippen LogP contribution in [0.25, 0.3) is 11.3 Å². The van der Waals surface area contributed by atoms with E-state index in [1.807, 2.05) is 13.8 Å². The molecule has 0 bridgehead atoms. The van der Waals surface area contributed by atoms with Crippen molar-refractivity contribution in [1.29, 1.82) is 0 Å². The van der Waals surface area contributed by atoms with E-state index in [4.69, 9.17) is 23.2 Å². The molecule has 18 heavy (non-hydrogen) atoms. The van der Waals surface area contributed by atoms with E-state index in [1.165, 1.54) is 0 Å². The van der Waals surface area contributed by atoms with Crippen molar-refractivity contribution in [3.05, 3.63) is 40.0 Å². The number of halogens is 2. The van der Waals surface area contributed by atoms with Crippen molar-refractivity contribution in [2.75, 3.05) is 0 Å². The van der Waals surface area contributed by atoms with Gasteiger partial charge in [0.2, 0.25) is 0 Å². The van der Waals surface area contributed by atoms with Crippen molar-refractivity contribution in [2.24, 2.45) is 0 Å². The Kier molecular flexibility index (Phi) is 3.73. The molecule has 0 amide bonds. The molecule has 1 aromatic carbocycles. The summed E-state index contributed by atoms with van der Waals surface area (Å²) in [6.45, 7) is 3.99. The first-order valence-corrected chi connectivity index (χ1v) is 6.28. The van der Waals surface area contributed by atoms with E-state index >= 15 is 0 Å². The summed E-state index contributed by atoms with van der Waals surface area (Å²) in [5.41, 5.74) is 1.82. The summed E-state index contributed by atoms with van der Waals surface area (Å²) < 4.78 is 1.74. The van der Waals surface area contributed by atoms with E-state index in [9.17, 15) is 4.79 Å². The molecule has 94 valence electrons. The molecule has 3 nitrogen and oxygen atoms in total. The van der Waals surface area contributed by atoms with Crippen molar-refractivity contribution >= 4 is 29.5 Å². The van der Waals surface area contributed by atoms with E-state index < -0.39 is 0 Å². The highest BCUT2D eigenvalue weighted by atomic mass is 35.5. The van der Waals surface area contributed by atoms with Crippen molar-refractivity contribution in [1.82, 2.24) is 9.78 Å². The summed E-state index contributed by atoms with van der Waals surface area (Å²) in [4.78, 5) is 11.1. The fourth-order valence-electron chi connectivity index (χ4n) is 1.65. The van der Waals surface area contributed by atoms with Crippen molar-refractivity contribution in [3.63, 3.8) is 0 Å². The summed E-state index contributed by atoms with van der Waals surface area (Å²) in [5, 5.41) is 5.44. The molecule has 1 aromatic heterocycles. The molecule has 2 aromatic rings. The van der Waals surface area contributed by atoms with Gasteiger partial charge in [0.25, 0.3) is 0 Å². The van der Waals surface area contributed by atoms with Crippen LogP contribution in [-0.4, -0.2) is 16.1 Å². The van der Waals surface area contributed by atoms with Gasteiger partial charge in [-0.1, -0.05) is 23.2 Å². The first kappa shape index (κ1) is 13.1. The second kappa shape index (κ2) is 5.12. The van der Waals surface area contributed by atoms with Crippen LogP contribution in [-0.2, 0) is 0 Å². The van der Waals surface area contributed by atoms with Crippen LogP contribution in [0.1, 0.15) is 30.2 Å². The number of aromatic nitrogens is 2. The summed E-state index contributed by atoms with van der Waals surface area (Å²) in [7, 11) is 0. The molecule has 2 rings (SSSR count). The number of hydrogen-bond acceptors (Lipinski definition) is 2. The fourth-order valence-corrected chi connectivity index (χ4v) is 2.15. The summed E-state index contributed by atoms with van der Waals surface area (Å²) in [6.07, 6.45) is 2.50.